The number of hydrogen-bond acceptors (Lipinski definition) is 3. The topological polar surface area (TPSA) is 52.3 Å². The fraction of sp³-hybridized carbons (Fsp3) is 0.300. The molecular formula is C10H14ClNO2. The third kappa shape index (κ3) is 3.77. The first-order chi connectivity index (χ1) is 6.24. The van der Waals surface area contributed by atoms with Crippen LogP contribution >= 0.6 is 12.4 Å². The first kappa shape index (κ1) is 12.9. The third-order valence-electron chi connectivity index (χ3n) is 1.84. The Morgan fingerprint density at radius 3 is 2.50 bits per heavy atom. The summed E-state index contributed by atoms with van der Waals surface area (Å²) in [5, 5.41) is 0. The standard InChI is InChI=1S/C10H13NO2.ClH/c1-13-10(12)7-9(11)8-5-3-2-4-6-8;/h2-6,9H,7,11H2,1H3;1H. The smallest absolute Gasteiger partial charge is 0.307 e. The maximum atomic E-state index is 10.9. The van der Waals surface area contributed by atoms with Crippen LogP contribution in [0.3, 0.4) is 0 Å². The summed E-state index contributed by atoms with van der Waals surface area (Å²) in [5.74, 6) is -0.281. The van der Waals surface area contributed by atoms with E-state index in [9.17, 15) is 4.79 Å². The van der Waals surface area contributed by atoms with E-state index >= 15 is 0 Å². The Labute approximate surface area is 89.7 Å². The summed E-state index contributed by atoms with van der Waals surface area (Å²) in [7, 11) is 1.36. The first-order valence-corrected chi connectivity index (χ1v) is 4.11. The van der Waals surface area contributed by atoms with Crippen molar-refractivity contribution < 1.29 is 9.53 Å². The van der Waals surface area contributed by atoms with Crippen LogP contribution in [0.5, 0.6) is 0 Å². The van der Waals surface area contributed by atoms with E-state index in [-0.39, 0.29) is 30.8 Å². The summed E-state index contributed by atoms with van der Waals surface area (Å²) < 4.78 is 4.52. The summed E-state index contributed by atoms with van der Waals surface area (Å²) in [6.07, 6.45) is 0.223. The maximum Gasteiger partial charge on any atom is 0.307 e. The number of carbonyl (C=O) groups excluding carboxylic acids is 1. The molecule has 1 unspecified atom stereocenters. The lowest BCUT2D eigenvalue weighted by Gasteiger charge is -2.09. The van der Waals surface area contributed by atoms with Gasteiger partial charge in [0.2, 0.25) is 0 Å². The number of esters is 1. The van der Waals surface area contributed by atoms with Crippen LogP contribution in [-0.4, -0.2) is 13.1 Å². The molecule has 14 heavy (non-hydrogen) atoms. The van der Waals surface area contributed by atoms with E-state index in [1.54, 1.807) is 0 Å². The van der Waals surface area contributed by atoms with Gasteiger partial charge in [-0.25, -0.2) is 0 Å². The van der Waals surface area contributed by atoms with E-state index in [4.69, 9.17) is 5.73 Å². The van der Waals surface area contributed by atoms with Gasteiger partial charge in [0, 0.05) is 6.04 Å². The highest BCUT2D eigenvalue weighted by Gasteiger charge is 2.10. The second-order valence-corrected chi connectivity index (χ2v) is 2.80. The molecule has 3 nitrogen and oxygen atoms in total. The minimum Gasteiger partial charge on any atom is -0.469 e. The molecule has 0 saturated carbocycles. The number of rotatable bonds is 3. The molecule has 1 rings (SSSR count). The molecule has 4 heteroatoms. The fourth-order valence-corrected chi connectivity index (χ4v) is 1.08. The van der Waals surface area contributed by atoms with Crippen LogP contribution < -0.4 is 5.73 Å². The monoisotopic (exact) mass is 215 g/mol. The van der Waals surface area contributed by atoms with Gasteiger partial charge in [0.1, 0.15) is 0 Å². The SMILES string of the molecule is COC(=O)CC(N)c1ccccc1.Cl. The average molecular weight is 216 g/mol. The van der Waals surface area contributed by atoms with E-state index < -0.39 is 0 Å². The van der Waals surface area contributed by atoms with E-state index in [0.717, 1.165) is 5.56 Å². The van der Waals surface area contributed by atoms with E-state index in [1.165, 1.54) is 7.11 Å². The Morgan fingerprint density at radius 2 is 2.00 bits per heavy atom. The van der Waals surface area contributed by atoms with E-state index in [2.05, 4.69) is 4.74 Å². The minimum atomic E-state index is -0.281. The molecule has 78 valence electrons. The van der Waals surface area contributed by atoms with Crippen LogP contribution in [0.1, 0.15) is 18.0 Å². The van der Waals surface area contributed by atoms with Gasteiger partial charge in [-0.2, -0.15) is 0 Å². The lowest BCUT2D eigenvalue weighted by atomic mass is 10.1. The average Bonchev–Trinajstić information content (AvgIpc) is 2.19. The quantitative estimate of drug-likeness (QED) is 0.781. The highest BCUT2D eigenvalue weighted by Crippen LogP contribution is 2.13. The number of methoxy groups -OCH3 is 1. The number of benzene rings is 1. The molecular weight excluding hydrogens is 202 g/mol. The van der Waals surface area contributed by atoms with Gasteiger partial charge in [-0.3, -0.25) is 4.79 Å². The van der Waals surface area contributed by atoms with Gasteiger partial charge < -0.3 is 10.5 Å². The zero-order chi connectivity index (χ0) is 9.68. The molecule has 0 aromatic heterocycles. The van der Waals surface area contributed by atoms with Gasteiger partial charge in [-0.05, 0) is 5.56 Å². The van der Waals surface area contributed by atoms with E-state index in [0.29, 0.717) is 0 Å². The van der Waals surface area contributed by atoms with Crippen LogP contribution in [-0.2, 0) is 9.53 Å². The largest absolute Gasteiger partial charge is 0.469 e. The number of nitrogens with two attached hydrogens (primary N) is 1. The van der Waals surface area contributed by atoms with Crippen molar-refractivity contribution in [2.45, 2.75) is 12.5 Å². The first-order valence-electron chi connectivity index (χ1n) is 4.11. The van der Waals surface area contributed by atoms with Crippen LogP contribution in [0.4, 0.5) is 0 Å². The molecule has 1 atom stereocenters. The third-order valence-corrected chi connectivity index (χ3v) is 1.84. The number of carbonyl (C=O) groups is 1. The summed E-state index contributed by atoms with van der Waals surface area (Å²) in [5.41, 5.74) is 6.72. The van der Waals surface area contributed by atoms with Crippen LogP contribution in [0, 0.1) is 0 Å². The maximum absolute atomic E-state index is 10.9. The van der Waals surface area contributed by atoms with Crippen molar-refractivity contribution >= 4 is 18.4 Å². The van der Waals surface area contributed by atoms with Crippen molar-refractivity contribution in [2.24, 2.45) is 5.73 Å². The predicted octanol–water partition coefficient (Wildman–Crippen LogP) is 1.67. The molecule has 0 aliphatic carbocycles. The second-order valence-electron chi connectivity index (χ2n) is 2.80. The summed E-state index contributed by atoms with van der Waals surface area (Å²) >= 11 is 0. The normalized spacial score (nSPS) is 11.3. The molecule has 1 aromatic carbocycles. The Morgan fingerprint density at radius 1 is 1.43 bits per heavy atom. The van der Waals surface area contributed by atoms with Crippen molar-refractivity contribution in [1.82, 2.24) is 0 Å². The molecule has 0 heterocycles. The minimum absolute atomic E-state index is 0. The lowest BCUT2D eigenvalue weighted by molar-refractivity contribution is -0.141. The summed E-state index contributed by atoms with van der Waals surface area (Å²) in [4.78, 5) is 10.9. The highest BCUT2D eigenvalue weighted by molar-refractivity contribution is 5.85. The van der Waals surface area contributed by atoms with Crippen molar-refractivity contribution in [3.63, 3.8) is 0 Å². The molecule has 0 bridgehead atoms. The summed E-state index contributed by atoms with van der Waals surface area (Å²) in [6.45, 7) is 0. The molecule has 0 spiro atoms. The highest BCUT2D eigenvalue weighted by atomic mass is 35.5. The molecule has 1 aromatic rings. The summed E-state index contributed by atoms with van der Waals surface area (Å²) in [6, 6.07) is 9.22. The molecule has 0 fully saturated rings. The number of ether oxygens (including phenoxy) is 1. The van der Waals surface area contributed by atoms with Crippen molar-refractivity contribution in [3.05, 3.63) is 35.9 Å². The van der Waals surface area contributed by atoms with Crippen LogP contribution in [0.25, 0.3) is 0 Å². The molecule has 0 aliphatic heterocycles. The molecule has 0 radical (unpaired) electrons. The van der Waals surface area contributed by atoms with Gasteiger partial charge in [-0.15, -0.1) is 12.4 Å². The second kappa shape index (κ2) is 6.40. The van der Waals surface area contributed by atoms with Gasteiger partial charge in [0.15, 0.2) is 0 Å². The Bertz CT molecular complexity index is 277. The fourth-order valence-electron chi connectivity index (χ4n) is 1.08. The lowest BCUT2D eigenvalue weighted by Crippen LogP contribution is -2.16. The van der Waals surface area contributed by atoms with Crippen molar-refractivity contribution in [3.8, 4) is 0 Å². The number of halogens is 1. The Balaban J connectivity index is 0.00000169. The molecule has 2 N–H and O–H groups in total. The predicted molar refractivity (Wildman–Crippen MR) is 57.3 cm³/mol. The van der Waals surface area contributed by atoms with E-state index in [1.807, 2.05) is 30.3 Å². The zero-order valence-corrected chi connectivity index (χ0v) is 8.79. The zero-order valence-electron chi connectivity index (χ0n) is 7.97. The van der Waals surface area contributed by atoms with Crippen molar-refractivity contribution in [1.29, 1.82) is 0 Å². The van der Waals surface area contributed by atoms with Gasteiger partial charge in [0.05, 0.1) is 13.5 Å². The van der Waals surface area contributed by atoms with Crippen LogP contribution in [0.2, 0.25) is 0 Å². The van der Waals surface area contributed by atoms with Gasteiger partial charge in [0.25, 0.3) is 0 Å². The molecule has 0 aliphatic rings. The van der Waals surface area contributed by atoms with Gasteiger partial charge >= 0.3 is 5.97 Å². The molecule has 0 saturated heterocycles. The van der Waals surface area contributed by atoms with Crippen molar-refractivity contribution in [2.75, 3.05) is 7.11 Å². The molecule has 0 amide bonds. The Kier molecular flexibility index (Phi) is 5.92. The number of hydrogen-bond donors (Lipinski definition) is 1. The Hall–Kier alpha value is -1.06. The van der Waals surface area contributed by atoms with Crippen LogP contribution in [0.15, 0.2) is 30.3 Å². The van der Waals surface area contributed by atoms with Gasteiger partial charge in [-0.1, -0.05) is 30.3 Å².